The lowest BCUT2D eigenvalue weighted by atomic mass is 9.78. The first-order chi connectivity index (χ1) is 12.6. The highest BCUT2D eigenvalue weighted by Crippen LogP contribution is 2.36. The van der Waals surface area contributed by atoms with Crippen molar-refractivity contribution in [3.05, 3.63) is 24.0 Å². The second-order valence-corrected chi connectivity index (χ2v) is 7.62. The monoisotopic (exact) mass is 376 g/mol. The van der Waals surface area contributed by atoms with E-state index < -0.39 is 36.3 Å². The summed E-state index contributed by atoms with van der Waals surface area (Å²) in [7, 11) is 0.687. The van der Waals surface area contributed by atoms with E-state index in [9.17, 15) is 9.18 Å². The minimum atomic E-state index is -0.800. The Morgan fingerprint density at radius 2 is 2.04 bits per heavy atom. The number of benzene rings is 1. The first-order valence-corrected chi connectivity index (χ1v) is 8.79. The zero-order chi connectivity index (χ0) is 19.8. The molecule has 1 amide bonds. The molecule has 0 saturated carbocycles. The lowest BCUT2D eigenvalue weighted by molar-refractivity contribution is 0.00578. The summed E-state index contributed by atoms with van der Waals surface area (Å²) < 4.78 is 36.5. The third-order valence-corrected chi connectivity index (χ3v) is 5.17. The lowest BCUT2D eigenvalue weighted by Crippen LogP contribution is -2.41. The van der Waals surface area contributed by atoms with E-state index in [0.29, 0.717) is 11.2 Å². The van der Waals surface area contributed by atoms with E-state index in [1.165, 1.54) is 25.4 Å². The van der Waals surface area contributed by atoms with Crippen LogP contribution in [0.25, 0.3) is 0 Å². The van der Waals surface area contributed by atoms with Gasteiger partial charge in [-0.25, -0.2) is 9.18 Å². The molecule has 2 fully saturated rings. The van der Waals surface area contributed by atoms with E-state index in [-0.39, 0.29) is 13.1 Å². The van der Waals surface area contributed by atoms with Gasteiger partial charge in [-0.05, 0) is 39.8 Å². The number of carbonyl (C=O) groups is 1. The van der Waals surface area contributed by atoms with E-state index in [2.05, 4.69) is 4.99 Å². The number of cyclic esters (lactones) is 1. The molecule has 0 bridgehead atoms. The van der Waals surface area contributed by atoms with Crippen LogP contribution < -0.4 is 10.4 Å². The summed E-state index contributed by atoms with van der Waals surface area (Å²) in [5.41, 5.74) is -0.406. The molecule has 0 radical (unpaired) electrons. The topological polar surface area (TPSA) is 69.6 Å². The maximum Gasteiger partial charge on any atom is 0.497 e. The first kappa shape index (κ1) is 19.7. The number of hydrogen-bond acceptors (Lipinski definition) is 6. The highest BCUT2D eigenvalue weighted by molar-refractivity contribution is 6.62. The fourth-order valence-corrected chi connectivity index (χ4v) is 2.91. The van der Waals surface area contributed by atoms with Crippen molar-refractivity contribution in [2.45, 2.75) is 45.0 Å². The van der Waals surface area contributed by atoms with Gasteiger partial charge >= 0.3 is 21.3 Å². The molecule has 2 aliphatic rings. The van der Waals surface area contributed by atoms with Gasteiger partial charge in [0.25, 0.3) is 0 Å². The Hall–Kier alpha value is -2.06. The number of ether oxygens (including phenoxy) is 1. The quantitative estimate of drug-likeness (QED) is 0.437. The van der Waals surface area contributed by atoms with Crippen LogP contribution in [0.3, 0.4) is 0 Å². The molecule has 0 aromatic heterocycles. The fourth-order valence-electron chi connectivity index (χ4n) is 2.91. The molecule has 1 aromatic carbocycles. The molecule has 0 aliphatic carbocycles. The van der Waals surface area contributed by atoms with Gasteiger partial charge in [-0.15, -0.1) is 0 Å². The Balaban J connectivity index is 1.74. The SMILES string of the molecule is BOC=NC[C@H]1CN(c2ccc(B3OC(C)(C)C(C)(C)O3)c(F)c2)C(=O)O1. The Kier molecular flexibility index (Phi) is 5.22. The van der Waals surface area contributed by atoms with Gasteiger partial charge in [0.1, 0.15) is 11.9 Å². The molecule has 1 atom stereocenters. The molecule has 144 valence electrons. The van der Waals surface area contributed by atoms with Crippen molar-refractivity contribution >= 4 is 38.8 Å². The van der Waals surface area contributed by atoms with Gasteiger partial charge in [-0.2, -0.15) is 0 Å². The third-order valence-electron chi connectivity index (χ3n) is 5.17. The molecule has 7 nitrogen and oxygen atoms in total. The average Bonchev–Trinajstić information content (AvgIpc) is 3.04. The molecule has 2 saturated heterocycles. The van der Waals surface area contributed by atoms with Crippen LogP contribution in [0.2, 0.25) is 0 Å². The molecule has 0 spiro atoms. The van der Waals surface area contributed by atoms with Crippen molar-refractivity contribution in [3.63, 3.8) is 0 Å². The number of nitrogens with zero attached hydrogens (tertiary/aromatic N) is 2. The Labute approximate surface area is 159 Å². The largest absolute Gasteiger partial charge is 0.560 e. The summed E-state index contributed by atoms with van der Waals surface area (Å²) in [6.07, 6.45) is 0.348. The normalized spacial score (nSPS) is 23.9. The van der Waals surface area contributed by atoms with Crippen LogP contribution in [0.5, 0.6) is 0 Å². The molecule has 10 heteroatoms. The van der Waals surface area contributed by atoms with Gasteiger partial charge in [0.15, 0.2) is 6.40 Å². The number of hydrogen-bond donors (Lipinski definition) is 0. The number of aliphatic imine (C=N–C) groups is 1. The highest BCUT2D eigenvalue weighted by atomic mass is 19.1. The molecular formula is C17H23B2FN2O5. The zero-order valence-corrected chi connectivity index (χ0v) is 16.2. The summed E-state index contributed by atoms with van der Waals surface area (Å²) in [5.74, 6) is -0.500. The summed E-state index contributed by atoms with van der Waals surface area (Å²) >= 11 is 0. The van der Waals surface area contributed by atoms with Crippen molar-refractivity contribution < 1.29 is 27.9 Å². The highest BCUT2D eigenvalue weighted by Gasteiger charge is 2.52. The standard InChI is InChI=1S/C17H23B2FN2O5/c1-16(2)17(3,4)27-19(26-16)13-6-5-11(7-14(13)20)22-9-12(25-15(22)23)8-21-10-24-18/h5-7,10,12H,8-9,18H2,1-4H3/t12-/m0/s1. The van der Waals surface area contributed by atoms with Crippen LogP contribution in [0, 0.1) is 5.82 Å². The van der Waals surface area contributed by atoms with Gasteiger partial charge in [0, 0.05) is 5.46 Å². The van der Waals surface area contributed by atoms with Crippen molar-refractivity contribution in [3.8, 4) is 0 Å². The predicted molar refractivity (Wildman–Crippen MR) is 103 cm³/mol. The van der Waals surface area contributed by atoms with Gasteiger partial charge in [0.2, 0.25) is 0 Å². The van der Waals surface area contributed by atoms with Crippen LogP contribution in [0.4, 0.5) is 14.9 Å². The molecule has 0 unspecified atom stereocenters. The van der Waals surface area contributed by atoms with Gasteiger partial charge in [-0.3, -0.25) is 9.89 Å². The number of amides is 1. The number of anilines is 1. The van der Waals surface area contributed by atoms with Crippen LogP contribution >= 0.6 is 0 Å². The summed E-state index contributed by atoms with van der Waals surface area (Å²) in [6.45, 7) is 8.20. The molecule has 1 aromatic rings. The Morgan fingerprint density at radius 3 is 2.63 bits per heavy atom. The minimum Gasteiger partial charge on any atom is -0.560 e. The van der Waals surface area contributed by atoms with Crippen LogP contribution in [-0.4, -0.2) is 58.1 Å². The smallest absolute Gasteiger partial charge is 0.497 e. The van der Waals surface area contributed by atoms with Crippen LogP contribution in [-0.2, 0) is 18.7 Å². The maximum absolute atomic E-state index is 14.8. The number of rotatable bonds is 5. The van der Waals surface area contributed by atoms with E-state index in [1.807, 2.05) is 27.7 Å². The van der Waals surface area contributed by atoms with Crippen molar-refractivity contribution in [1.82, 2.24) is 0 Å². The number of halogens is 1. The lowest BCUT2D eigenvalue weighted by Gasteiger charge is -2.32. The van der Waals surface area contributed by atoms with E-state index >= 15 is 0 Å². The molecule has 27 heavy (non-hydrogen) atoms. The van der Waals surface area contributed by atoms with E-state index in [0.717, 1.165) is 0 Å². The third kappa shape index (κ3) is 3.82. The summed E-state index contributed by atoms with van der Waals surface area (Å²) in [6, 6.07) is 4.53. The zero-order valence-electron chi connectivity index (χ0n) is 16.2. The molecule has 3 rings (SSSR count). The Bertz CT molecular complexity index is 743. The molecule has 2 heterocycles. The number of carbonyl (C=O) groups excluding carboxylic acids is 1. The molecule has 2 aliphatic heterocycles. The summed E-state index contributed by atoms with van der Waals surface area (Å²) in [5, 5.41) is 0. The predicted octanol–water partition coefficient (Wildman–Crippen LogP) is 1.04. The van der Waals surface area contributed by atoms with Crippen molar-refractivity contribution in [2.24, 2.45) is 4.99 Å². The van der Waals surface area contributed by atoms with Crippen LogP contribution in [0.15, 0.2) is 23.2 Å². The second kappa shape index (κ2) is 7.16. The first-order valence-electron chi connectivity index (χ1n) is 8.79. The van der Waals surface area contributed by atoms with Crippen molar-refractivity contribution in [1.29, 1.82) is 0 Å². The van der Waals surface area contributed by atoms with E-state index in [1.54, 1.807) is 12.1 Å². The maximum atomic E-state index is 14.8. The van der Waals surface area contributed by atoms with Crippen LogP contribution in [0.1, 0.15) is 27.7 Å². The van der Waals surface area contributed by atoms with Gasteiger partial charge < -0.3 is 18.7 Å². The van der Waals surface area contributed by atoms with Gasteiger partial charge in [-0.1, -0.05) is 6.07 Å². The second-order valence-electron chi connectivity index (χ2n) is 7.62. The minimum absolute atomic E-state index is 0.282. The summed E-state index contributed by atoms with van der Waals surface area (Å²) in [4.78, 5) is 17.5. The van der Waals surface area contributed by atoms with Gasteiger partial charge in [0.05, 0.1) is 30.0 Å². The fraction of sp³-hybridized carbons (Fsp3) is 0.529. The van der Waals surface area contributed by atoms with E-state index in [4.69, 9.17) is 18.7 Å². The molecule has 0 N–H and O–H groups in total. The Morgan fingerprint density at radius 1 is 1.37 bits per heavy atom. The molecular weight excluding hydrogens is 353 g/mol. The average molecular weight is 376 g/mol. The van der Waals surface area contributed by atoms with Crippen molar-refractivity contribution in [2.75, 3.05) is 18.0 Å².